The lowest BCUT2D eigenvalue weighted by Crippen LogP contribution is -2.38. The molecule has 3 aromatic carbocycles. The zero-order valence-corrected chi connectivity index (χ0v) is 17.0. The van der Waals surface area contributed by atoms with E-state index in [1.807, 2.05) is 54.6 Å². The van der Waals surface area contributed by atoms with Crippen molar-refractivity contribution in [3.05, 3.63) is 83.7 Å². The molecule has 0 spiro atoms. The first-order chi connectivity index (χ1) is 15.2. The van der Waals surface area contributed by atoms with Crippen molar-refractivity contribution in [3.63, 3.8) is 0 Å². The normalized spacial score (nSPS) is 12.9. The lowest BCUT2D eigenvalue weighted by atomic mass is 10.2. The lowest BCUT2D eigenvalue weighted by Gasteiger charge is -2.28. The zero-order chi connectivity index (χ0) is 21.2. The number of aromatic nitrogens is 2. The molecule has 8 heteroatoms. The van der Waals surface area contributed by atoms with Crippen LogP contribution in [0.25, 0.3) is 11.4 Å². The molecular weight excluding hydrogens is 418 g/mol. The van der Waals surface area contributed by atoms with Gasteiger partial charge in [0.25, 0.3) is 5.91 Å². The molecular formula is C23H16ClN3O4. The monoisotopic (exact) mass is 433 g/mol. The van der Waals surface area contributed by atoms with Gasteiger partial charge in [-0.2, -0.15) is 4.98 Å². The second-order valence-electron chi connectivity index (χ2n) is 6.83. The van der Waals surface area contributed by atoms with Gasteiger partial charge in [0.1, 0.15) is 23.8 Å². The molecule has 0 N–H and O–H groups in total. The maximum atomic E-state index is 12.4. The Balaban J connectivity index is 1.33. The highest BCUT2D eigenvalue weighted by atomic mass is 35.5. The Kier molecular flexibility index (Phi) is 5.01. The van der Waals surface area contributed by atoms with E-state index >= 15 is 0 Å². The quantitative estimate of drug-likeness (QED) is 0.435. The van der Waals surface area contributed by atoms with Gasteiger partial charge in [0.2, 0.25) is 11.7 Å². The molecule has 7 nitrogen and oxygen atoms in total. The molecule has 0 atom stereocenters. The number of amides is 1. The van der Waals surface area contributed by atoms with Crippen molar-refractivity contribution in [1.29, 1.82) is 0 Å². The first-order valence-corrected chi connectivity index (χ1v) is 9.92. The van der Waals surface area contributed by atoms with Gasteiger partial charge in [0.05, 0.1) is 5.69 Å². The number of carbonyl (C=O) groups is 1. The van der Waals surface area contributed by atoms with Crippen LogP contribution in [0, 0.1) is 0 Å². The third-order valence-electron chi connectivity index (χ3n) is 4.72. The van der Waals surface area contributed by atoms with Crippen molar-refractivity contribution in [3.8, 4) is 28.6 Å². The van der Waals surface area contributed by atoms with Crippen LogP contribution in [0.5, 0.6) is 17.2 Å². The van der Waals surface area contributed by atoms with E-state index in [2.05, 4.69) is 10.1 Å². The van der Waals surface area contributed by atoms with Gasteiger partial charge in [-0.15, -0.1) is 0 Å². The Morgan fingerprint density at radius 1 is 1.00 bits per heavy atom. The summed E-state index contributed by atoms with van der Waals surface area (Å²) >= 11 is 6.09. The Bertz CT molecular complexity index is 1230. The summed E-state index contributed by atoms with van der Waals surface area (Å²) in [7, 11) is 0. The van der Waals surface area contributed by atoms with Crippen LogP contribution in [0.15, 0.2) is 77.3 Å². The molecule has 1 aromatic heterocycles. The van der Waals surface area contributed by atoms with Crippen molar-refractivity contribution < 1.29 is 18.8 Å². The molecule has 0 bridgehead atoms. The molecule has 0 saturated carbocycles. The predicted molar refractivity (Wildman–Crippen MR) is 114 cm³/mol. The highest BCUT2D eigenvalue weighted by molar-refractivity contribution is 6.31. The number of hydrogen-bond acceptors (Lipinski definition) is 6. The van der Waals surface area contributed by atoms with Crippen LogP contribution in [0.4, 0.5) is 5.69 Å². The average molecular weight is 434 g/mol. The van der Waals surface area contributed by atoms with Gasteiger partial charge in [-0.25, -0.2) is 0 Å². The van der Waals surface area contributed by atoms with Crippen molar-refractivity contribution in [1.82, 2.24) is 10.1 Å². The molecule has 5 rings (SSSR count). The van der Waals surface area contributed by atoms with Crippen LogP contribution >= 0.6 is 11.6 Å². The van der Waals surface area contributed by atoms with Crippen molar-refractivity contribution in [2.24, 2.45) is 0 Å². The maximum absolute atomic E-state index is 12.4. The zero-order valence-electron chi connectivity index (χ0n) is 16.2. The van der Waals surface area contributed by atoms with E-state index in [4.69, 9.17) is 25.6 Å². The van der Waals surface area contributed by atoms with Crippen LogP contribution in [0.2, 0.25) is 5.02 Å². The van der Waals surface area contributed by atoms with Gasteiger partial charge in [-0.3, -0.25) is 9.69 Å². The number of carbonyl (C=O) groups excluding carboxylic acids is 1. The minimum atomic E-state index is -0.211. The highest BCUT2D eigenvalue weighted by Crippen LogP contribution is 2.35. The van der Waals surface area contributed by atoms with Crippen LogP contribution in [-0.2, 0) is 11.3 Å². The number of para-hydroxylation sites is 1. The fourth-order valence-corrected chi connectivity index (χ4v) is 3.38. The Morgan fingerprint density at radius 3 is 2.58 bits per heavy atom. The molecule has 4 aromatic rings. The van der Waals surface area contributed by atoms with E-state index in [0.717, 1.165) is 11.3 Å². The van der Waals surface area contributed by atoms with Crippen molar-refractivity contribution in [2.75, 3.05) is 11.5 Å². The number of anilines is 1. The lowest BCUT2D eigenvalue weighted by molar-refractivity contribution is -0.121. The van der Waals surface area contributed by atoms with Crippen LogP contribution < -0.4 is 14.4 Å². The predicted octanol–water partition coefficient (Wildman–Crippen LogP) is 5.11. The fraction of sp³-hybridized carbons (Fsp3) is 0.0870. The average Bonchev–Trinajstić information content (AvgIpc) is 3.26. The molecule has 154 valence electrons. The van der Waals surface area contributed by atoms with E-state index in [0.29, 0.717) is 33.9 Å². The highest BCUT2D eigenvalue weighted by Gasteiger charge is 2.27. The number of benzene rings is 3. The standard InChI is InChI=1S/C23H16ClN3O4/c24-16-8-11-20-19(12-16)27(22(28)14-29-20)13-21-25-23(26-31-21)15-6-9-18(10-7-15)30-17-4-2-1-3-5-17/h1-12H,13-14H2. The SMILES string of the molecule is O=C1COc2ccc(Cl)cc2N1Cc1nc(-c2ccc(Oc3ccccc3)cc2)no1. The molecule has 1 aliphatic rings. The molecule has 0 unspecified atom stereocenters. The summed E-state index contributed by atoms with van der Waals surface area (Å²) in [6, 6.07) is 22.0. The van der Waals surface area contributed by atoms with Crippen molar-refractivity contribution >= 4 is 23.2 Å². The number of halogens is 1. The Labute approximate surface area is 182 Å². The topological polar surface area (TPSA) is 77.7 Å². The van der Waals surface area contributed by atoms with E-state index in [1.165, 1.54) is 4.90 Å². The number of fused-ring (bicyclic) bond motifs is 1. The number of nitrogens with zero attached hydrogens (tertiary/aromatic N) is 3. The van der Waals surface area contributed by atoms with Crippen LogP contribution in [0.1, 0.15) is 5.89 Å². The van der Waals surface area contributed by atoms with E-state index < -0.39 is 0 Å². The molecule has 31 heavy (non-hydrogen) atoms. The molecule has 0 radical (unpaired) electrons. The number of hydrogen-bond donors (Lipinski definition) is 0. The summed E-state index contributed by atoms with van der Waals surface area (Å²) < 4.78 is 16.6. The minimum Gasteiger partial charge on any atom is -0.482 e. The molecule has 1 aliphatic heterocycles. The van der Waals surface area contributed by atoms with Crippen molar-refractivity contribution in [2.45, 2.75) is 6.54 Å². The van der Waals surface area contributed by atoms with Gasteiger partial charge >= 0.3 is 0 Å². The second kappa shape index (κ2) is 8.12. The summed E-state index contributed by atoms with van der Waals surface area (Å²) in [5.74, 6) is 2.56. The fourth-order valence-electron chi connectivity index (χ4n) is 3.22. The van der Waals surface area contributed by atoms with E-state index in [9.17, 15) is 4.79 Å². The molecule has 0 saturated heterocycles. The van der Waals surface area contributed by atoms with Crippen LogP contribution in [0.3, 0.4) is 0 Å². The summed E-state index contributed by atoms with van der Waals surface area (Å²) in [6.07, 6.45) is 0. The van der Waals surface area contributed by atoms with Gasteiger partial charge in [0.15, 0.2) is 6.61 Å². The third-order valence-corrected chi connectivity index (χ3v) is 4.95. The number of ether oxygens (including phenoxy) is 2. The van der Waals surface area contributed by atoms with Gasteiger partial charge in [-0.05, 0) is 54.6 Å². The molecule has 0 fully saturated rings. The molecule has 0 aliphatic carbocycles. The smallest absolute Gasteiger partial charge is 0.265 e. The van der Waals surface area contributed by atoms with Gasteiger partial charge in [-0.1, -0.05) is 35.0 Å². The minimum absolute atomic E-state index is 0.0570. The summed E-state index contributed by atoms with van der Waals surface area (Å²) in [4.78, 5) is 18.3. The first kappa shape index (κ1) is 19.1. The molecule has 2 heterocycles. The molecule has 1 amide bonds. The largest absolute Gasteiger partial charge is 0.482 e. The Morgan fingerprint density at radius 2 is 1.77 bits per heavy atom. The first-order valence-electron chi connectivity index (χ1n) is 9.54. The van der Waals surface area contributed by atoms with Crippen LogP contribution in [-0.4, -0.2) is 22.7 Å². The van der Waals surface area contributed by atoms with Gasteiger partial charge in [0, 0.05) is 10.6 Å². The van der Waals surface area contributed by atoms with Gasteiger partial charge < -0.3 is 14.0 Å². The van der Waals surface area contributed by atoms with E-state index in [-0.39, 0.29) is 19.1 Å². The maximum Gasteiger partial charge on any atom is 0.265 e. The van der Waals surface area contributed by atoms with E-state index in [1.54, 1.807) is 18.2 Å². The number of rotatable bonds is 5. The Hall–Kier alpha value is -3.84. The summed E-state index contributed by atoms with van der Waals surface area (Å²) in [5, 5.41) is 4.55. The third kappa shape index (κ3) is 4.08. The second-order valence-corrected chi connectivity index (χ2v) is 7.27. The summed E-state index contributed by atoms with van der Waals surface area (Å²) in [5.41, 5.74) is 1.35. The summed E-state index contributed by atoms with van der Waals surface area (Å²) in [6.45, 7) is 0.0657.